The van der Waals surface area contributed by atoms with Crippen LogP contribution in [0, 0.1) is 17.7 Å². The minimum Gasteiger partial charge on any atom is -0.505 e. The topological polar surface area (TPSA) is 60.8 Å². The Kier molecular flexibility index (Phi) is 4.08. The lowest BCUT2D eigenvalue weighted by molar-refractivity contribution is 0.0645. The Morgan fingerprint density at radius 2 is 2.00 bits per heavy atom. The predicted molar refractivity (Wildman–Crippen MR) is 79.9 cm³/mol. The molecule has 1 saturated carbocycles. The van der Waals surface area contributed by atoms with Crippen LogP contribution in [0.2, 0.25) is 0 Å². The van der Waals surface area contributed by atoms with Crippen LogP contribution in [0.15, 0.2) is 12.1 Å². The molecule has 1 amide bonds. The van der Waals surface area contributed by atoms with Crippen molar-refractivity contribution >= 4 is 5.91 Å². The number of aromatic hydroxyl groups is 1. The first-order valence-electron chi connectivity index (χ1n) is 7.95. The molecule has 22 heavy (non-hydrogen) atoms. The fourth-order valence-electron chi connectivity index (χ4n) is 3.72. The van der Waals surface area contributed by atoms with E-state index >= 15 is 0 Å². The third-order valence-electron chi connectivity index (χ3n) is 5.12. The molecule has 1 aliphatic carbocycles. The summed E-state index contributed by atoms with van der Waals surface area (Å²) in [6, 6.07) is 2.93. The second-order valence-corrected chi connectivity index (χ2v) is 6.64. The Balaban J connectivity index is 1.64. The number of rotatable bonds is 3. The standard InChI is InChI=1S/C17H22FNO3/c1-10(20)12-4-2-11(3-5-12)8-19-9-13-6-7-14(21)16(18)15(13)17(19)22/h6-7,10-12,20-21H,2-5,8-9H2,1H3. The Bertz CT molecular complexity index is 580. The van der Waals surface area contributed by atoms with Crippen molar-refractivity contribution in [1.82, 2.24) is 4.90 Å². The monoisotopic (exact) mass is 307 g/mol. The maximum Gasteiger partial charge on any atom is 0.257 e. The van der Waals surface area contributed by atoms with Crippen LogP contribution in [0.3, 0.4) is 0 Å². The van der Waals surface area contributed by atoms with Crippen molar-refractivity contribution < 1.29 is 19.4 Å². The lowest BCUT2D eigenvalue weighted by atomic mass is 9.79. The average Bonchev–Trinajstić information content (AvgIpc) is 2.81. The highest BCUT2D eigenvalue weighted by Gasteiger charge is 2.34. The number of hydrogen-bond donors (Lipinski definition) is 2. The van der Waals surface area contributed by atoms with Crippen LogP contribution in [-0.2, 0) is 6.54 Å². The van der Waals surface area contributed by atoms with Gasteiger partial charge in [0.2, 0.25) is 0 Å². The number of benzene rings is 1. The average molecular weight is 307 g/mol. The van der Waals surface area contributed by atoms with Crippen molar-refractivity contribution in [2.24, 2.45) is 11.8 Å². The van der Waals surface area contributed by atoms with E-state index < -0.39 is 11.6 Å². The number of carbonyl (C=O) groups excluding carboxylic acids is 1. The predicted octanol–water partition coefficient (Wildman–Crippen LogP) is 2.67. The van der Waals surface area contributed by atoms with Crippen LogP contribution < -0.4 is 0 Å². The smallest absolute Gasteiger partial charge is 0.257 e. The molecule has 2 aliphatic rings. The number of hydrogen-bond acceptors (Lipinski definition) is 3. The zero-order valence-electron chi connectivity index (χ0n) is 12.8. The van der Waals surface area contributed by atoms with Gasteiger partial charge >= 0.3 is 0 Å². The molecule has 1 heterocycles. The number of phenolic OH excluding ortho intramolecular Hbond substituents is 1. The van der Waals surface area contributed by atoms with Crippen molar-refractivity contribution in [2.45, 2.75) is 45.3 Å². The van der Waals surface area contributed by atoms with Gasteiger partial charge in [-0.2, -0.15) is 0 Å². The maximum absolute atomic E-state index is 13.9. The number of amides is 1. The van der Waals surface area contributed by atoms with Crippen LogP contribution in [0.4, 0.5) is 4.39 Å². The van der Waals surface area contributed by atoms with Crippen molar-refractivity contribution in [3.05, 3.63) is 29.1 Å². The van der Waals surface area contributed by atoms with E-state index in [9.17, 15) is 19.4 Å². The molecule has 0 bridgehead atoms. The van der Waals surface area contributed by atoms with Gasteiger partial charge in [0.05, 0.1) is 11.7 Å². The normalized spacial score (nSPS) is 26.1. The van der Waals surface area contributed by atoms with Gasteiger partial charge in [0.25, 0.3) is 5.91 Å². The molecule has 0 saturated heterocycles. The number of carbonyl (C=O) groups is 1. The van der Waals surface area contributed by atoms with Crippen molar-refractivity contribution in [3.63, 3.8) is 0 Å². The molecule has 1 aliphatic heterocycles. The van der Waals surface area contributed by atoms with E-state index in [1.54, 1.807) is 11.0 Å². The summed E-state index contributed by atoms with van der Waals surface area (Å²) in [7, 11) is 0. The van der Waals surface area contributed by atoms with Crippen LogP contribution in [0.5, 0.6) is 5.75 Å². The molecule has 1 fully saturated rings. The van der Waals surface area contributed by atoms with Gasteiger partial charge in [0.1, 0.15) is 0 Å². The van der Waals surface area contributed by atoms with Gasteiger partial charge in [0, 0.05) is 13.1 Å². The summed E-state index contributed by atoms with van der Waals surface area (Å²) in [4.78, 5) is 14.0. The van der Waals surface area contributed by atoms with E-state index in [4.69, 9.17) is 0 Å². The van der Waals surface area contributed by atoms with Gasteiger partial charge in [-0.15, -0.1) is 0 Å². The number of phenols is 1. The Hall–Kier alpha value is -1.62. The zero-order valence-corrected chi connectivity index (χ0v) is 12.8. The van der Waals surface area contributed by atoms with Gasteiger partial charge in [0.15, 0.2) is 11.6 Å². The second kappa shape index (κ2) is 5.88. The molecular formula is C17H22FNO3. The van der Waals surface area contributed by atoms with E-state index in [-0.39, 0.29) is 17.6 Å². The Labute approximate surface area is 129 Å². The molecule has 3 rings (SSSR count). The third-order valence-corrected chi connectivity index (χ3v) is 5.12. The highest BCUT2D eigenvalue weighted by Crippen LogP contribution is 2.34. The summed E-state index contributed by atoms with van der Waals surface area (Å²) < 4.78 is 13.9. The zero-order chi connectivity index (χ0) is 15.9. The molecule has 1 atom stereocenters. The van der Waals surface area contributed by atoms with E-state index in [0.717, 1.165) is 25.7 Å². The van der Waals surface area contributed by atoms with Crippen molar-refractivity contribution in [3.8, 4) is 5.75 Å². The van der Waals surface area contributed by atoms with Gasteiger partial charge in [-0.3, -0.25) is 4.79 Å². The largest absolute Gasteiger partial charge is 0.505 e. The summed E-state index contributed by atoms with van der Waals surface area (Å²) in [5.41, 5.74) is 0.677. The Morgan fingerprint density at radius 1 is 1.32 bits per heavy atom. The molecular weight excluding hydrogens is 285 g/mol. The van der Waals surface area contributed by atoms with E-state index in [0.29, 0.717) is 30.5 Å². The molecule has 5 heteroatoms. The highest BCUT2D eigenvalue weighted by molar-refractivity contribution is 5.99. The first kappa shape index (κ1) is 15.3. The quantitative estimate of drug-likeness (QED) is 0.902. The van der Waals surface area contributed by atoms with Gasteiger partial charge < -0.3 is 15.1 Å². The molecule has 4 nitrogen and oxygen atoms in total. The number of nitrogens with zero attached hydrogens (tertiary/aromatic N) is 1. The van der Waals surface area contributed by atoms with E-state index in [1.807, 2.05) is 6.92 Å². The summed E-state index contributed by atoms with van der Waals surface area (Å²) in [6.07, 6.45) is 3.67. The molecule has 1 aromatic carbocycles. The van der Waals surface area contributed by atoms with Gasteiger partial charge in [-0.05, 0) is 56.1 Å². The van der Waals surface area contributed by atoms with Crippen LogP contribution in [0.1, 0.15) is 48.5 Å². The molecule has 0 radical (unpaired) electrons. The van der Waals surface area contributed by atoms with Crippen LogP contribution >= 0.6 is 0 Å². The number of halogens is 1. The van der Waals surface area contributed by atoms with Gasteiger partial charge in [-0.1, -0.05) is 6.07 Å². The Morgan fingerprint density at radius 3 is 2.64 bits per heavy atom. The lowest BCUT2D eigenvalue weighted by Gasteiger charge is -2.32. The first-order chi connectivity index (χ1) is 10.5. The summed E-state index contributed by atoms with van der Waals surface area (Å²) in [5.74, 6) is -0.822. The van der Waals surface area contributed by atoms with E-state index in [1.165, 1.54) is 6.07 Å². The fourth-order valence-corrected chi connectivity index (χ4v) is 3.72. The molecule has 0 spiro atoms. The summed E-state index contributed by atoms with van der Waals surface area (Å²) in [5, 5.41) is 19.1. The van der Waals surface area contributed by atoms with Gasteiger partial charge in [-0.25, -0.2) is 4.39 Å². The van der Waals surface area contributed by atoms with Crippen molar-refractivity contribution in [2.75, 3.05) is 6.54 Å². The minimum absolute atomic E-state index is 0.0256. The first-order valence-corrected chi connectivity index (χ1v) is 7.95. The number of aliphatic hydroxyl groups excluding tert-OH is 1. The van der Waals surface area contributed by atoms with Crippen LogP contribution in [-0.4, -0.2) is 33.7 Å². The lowest BCUT2D eigenvalue weighted by Crippen LogP contribution is -2.33. The molecule has 1 aromatic rings. The second-order valence-electron chi connectivity index (χ2n) is 6.64. The van der Waals surface area contributed by atoms with E-state index in [2.05, 4.69) is 0 Å². The maximum atomic E-state index is 13.9. The molecule has 2 N–H and O–H groups in total. The fraction of sp³-hybridized carbons (Fsp3) is 0.588. The molecule has 1 unspecified atom stereocenters. The number of aliphatic hydroxyl groups is 1. The minimum atomic E-state index is -0.803. The third kappa shape index (κ3) is 2.70. The number of fused-ring (bicyclic) bond motifs is 1. The molecule has 120 valence electrons. The summed E-state index contributed by atoms with van der Waals surface area (Å²) in [6.45, 7) is 2.88. The SMILES string of the molecule is CC(O)C1CCC(CN2Cc3ccc(O)c(F)c3C2=O)CC1. The van der Waals surface area contributed by atoms with Crippen molar-refractivity contribution in [1.29, 1.82) is 0 Å². The molecule has 0 aromatic heterocycles. The summed E-state index contributed by atoms with van der Waals surface area (Å²) >= 11 is 0. The van der Waals surface area contributed by atoms with Crippen LogP contribution in [0.25, 0.3) is 0 Å². The highest BCUT2D eigenvalue weighted by atomic mass is 19.1.